The van der Waals surface area contributed by atoms with Crippen LogP contribution in [0.1, 0.15) is 12.5 Å². The monoisotopic (exact) mass is 236 g/mol. The van der Waals surface area contributed by atoms with Gasteiger partial charge in [-0.15, -0.1) is 0 Å². The summed E-state index contributed by atoms with van der Waals surface area (Å²) in [5.74, 6) is 0.213. The van der Waals surface area contributed by atoms with Crippen LogP contribution < -0.4 is 14.8 Å². The fourth-order valence-electron chi connectivity index (χ4n) is 1.64. The van der Waals surface area contributed by atoms with Crippen molar-refractivity contribution in [2.24, 2.45) is 0 Å². The predicted molar refractivity (Wildman–Crippen MR) is 60.5 cm³/mol. The zero-order valence-electron chi connectivity index (χ0n) is 9.52. The Morgan fingerprint density at radius 3 is 2.88 bits per heavy atom. The largest absolute Gasteiger partial charge is 0.711 e. The molecule has 0 radical (unpaired) electrons. The second kappa shape index (κ2) is 4.32. The molecule has 1 aromatic carbocycles. The maximum Gasteiger partial charge on any atom is 0.308 e. The van der Waals surface area contributed by atoms with Crippen molar-refractivity contribution in [3.05, 3.63) is 22.9 Å². The van der Waals surface area contributed by atoms with Crippen molar-refractivity contribution in [3.8, 4) is 11.5 Å². The van der Waals surface area contributed by atoms with Gasteiger partial charge in [0.15, 0.2) is 11.5 Å². The molecule has 0 bridgehead atoms. The third-order valence-electron chi connectivity index (χ3n) is 2.36. The summed E-state index contributed by atoms with van der Waals surface area (Å²) in [5.41, 5.74) is 1.23. The molecule has 0 aliphatic carbocycles. The molecule has 0 amide bonds. The standard InChI is InChI=1S/C11H12N2O4/c1-7(14)17-11-4-9-8(3-10(11)16-2)5-12-6-13(9)15/h3-4,6,12H,5H2,1-2H3. The van der Waals surface area contributed by atoms with Gasteiger partial charge in [0.05, 0.1) is 7.11 Å². The molecule has 1 aliphatic heterocycles. The molecule has 0 fully saturated rings. The Balaban J connectivity index is 2.49. The number of rotatable bonds is 2. The third kappa shape index (κ3) is 2.15. The van der Waals surface area contributed by atoms with E-state index in [0.717, 1.165) is 5.56 Å². The Kier molecular flexibility index (Phi) is 2.86. The van der Waals surface area contributed by atoms with E-state index in [1.54, 1.807) is 6.07 Å². The number of methoxy groups -OCH3 is 1. The molecule has 0 spiro atoms. The molecule has 17 heavy (non-hydrogen) atoms. The van der Waals surface area contributed by atoms with Gasteiger partial charge in [-0.05, 0) is 6.07 Å². The first-order valence-electron chi connectivity index (χ1n) is 5.04. The van der Waals surface area contributed by atoms with Crippen LogP contribution in [0.4, 0.5) is 5.69 Å². The van der Waals surface area contributed by atoms with Gasteiger partial charge in [0, 0.05) is 18.6 Å². The van der Waals surface area contributed by atoms with Crippen molar-refractivity contribution in [1.29, 1.82) is 0 Å². The number of hydrogen-bond acceptors (Lipinski definition) is 5. The highest BCUT2D eigenvalue weighted by Gasteiger charge is 2.18. The van der Waals surface area contributed by atoms with E-state index in [-0.39, 0.29) is 5.75 Å². The first-order valence-corrected chi connectivity index (χ1v) is 5.04. The van der Waals surface area contributed by atoms with Gasteiger partial charge in [0.1, 0.15) is 12.2 Å². The van der Waals surface area contributed by atoms with E-state index in [1.165, 1.54) is 26.4 Å². The molecule has 1 N–H and O–H groups in total. The lowest BCUT2D eigenvalue weighted by atomic mass is 10.1. The maximum atomic E-state index is 11.5. The topological polar surface area (TPSA) is 73.6 Å². The number of carbonyl (C=O) groups is 1. The second-order valence-electron chi connectivity index (χ2n) is 3.56. The van der Waals surface area contributed by atoms with Crippen LogP contribution in [-0.4, -0.2) is 24.2 Å². The molecule has 1 aliphatic rings. The number of fused-ring (bicyclic) bond motifs is 1. The molecule has 0 atom stereocenters. The number of ether oxygens (including phenoxy) is 2. The minimum absolute atomic E-state index is 0.245. The lowest BCUT2D eigenvalue weighted by molar-refractivity contribution is -0.360. The van der Waals surface area contributed by atoms with E-state index in [2.05, 4.69) is 5.32 Å². The lowest BCUT2D eigenvalue weighted by Gasteiger charge is -2.19. The van der Waals surface area contributed by atoms with Crippen LogP contribution in [-0.2, 0) is 11.3 Å². The molecule has 6 nitrogen and oxygen atoms in total. The summed E-state index contributed by atoms with van der Waals surface area (Å²) in [6, 6.07) is 3.18. The van der Waals surface area contributed by atoms with Crippen molar-refractivity contribution in [2.45, 2.75) is 13.5 Å². The van der Waals surface area contributed by atoms with E-state index in [1.807, 2.05) is 0 Å². The molecule has 1 aromatic rings. The van der Waals surface area contributed by atoms with Crippen LogP contribution in [0, 0.1) is 5.21 Å². The summed E-state index contributed by atoms with van der Waals surface area (Å²) < 4.78 is 10.8. The van der Waals surface area contributed by atoms with E-state index in [4.69, 9.17) is 9.47 Å². The van der Waals surface area contributed by atoms with Crippen LogP contribution in [0.3, 0.4) is 0 Å². The number of esters is 1. The molecule has 90 valence electrons. The van der Waals surface area contributed by atoms with Crippen LogP contribution in [0.15, 0.2) is 12.1 Å². The summed E-state index contributed by atoms with van der Waals surface area (Å²) in [5, 5.41) is 14.4. The Hall–Kier alpha value is -2.24. The Bertz CT molecular complexity index is 496. The molecular weight excluding hydrogens is 224 g/mol. The van der Waals surface area contributed by atoms with E-state index in [0.29, 0.717) is 22.7 Å². The van der Waals surface area contributed by atoms with Gasteiger partial charge >= 0.3 is 5.97 Å². The first-order chi connectivity index (χ1) is 8.11. The van der Waals surface area contributed by atoms with Crippen LogP contribution in [0.2, 0.25) is 0 Å². The van der Waals surface area contributed by atoms with Crippen molar-refractivity contribution in [2.75, 3.05) is 7.11 Å². The summed E-state index contributed by atoms with van der Waals surface area (Å²) in [6.07, 6.45) is 1.31. The average molecular weight is 236 g/mol. The van der Waals surface area contributed by atoms with Gasteiger partial charge in [-0.1, -0.05) is 0 Å². The van der Waals surface area contributed by atoms with Crippen molar-refractivity contribution in [1.82, 2.24) is 5.32 Å². The highest BCUT2D eigenvalue weighted by Crippen LogP contribution is 2.35. The molecule has 0 saturated heterocycles. The van der Waals surface area contributed by atoms with Gasteiger partial charge in [0.2, 0.25) is 6.34 Å². The Labute approximate surface area is 98.0 Å². The Morgan fingerprint density at radius 2 is 2.24 bits per heavy atom. The van der Waals surface area contributed by atoms with Crippen molar-refractivity contribution in [3.63, 3.8) is 0 Å². The summed E-state index contributed by atoms with van der Waals surface area (Å²) in [6.45, 7) is 1.83. The zero-order chi connectivity index (χ0) is 12.4. The van der Waals surface area contributed by atoms with Gasteiger partial charge in [-0.2, -0.15) is 0 Å². The van der Waals surface area contributed by atoms with Crippen molar-refractivity contribution >= 4 is 18.0 Å². The smallest absolute Gasteiger partial charge is 0.308 e. The number of benzene rings is 1. The molecule has 0 unspecified atom stereocenters. The van der Waals surface area contributed by atoms with Crippen LogP contribution in [0.25, 0.3) is 0 Å². The SMILES string of the molecule is COc1cc2c(cc1OC(C)=O)[N+]([O-])=CNC2. The molecular formula is C11H12N2O4. The van der Waals surface area contributed by atoms with Crippen LogP contribution in [0.5, 0.6) is 11.5 Å². The maximum absolute atomic E-state index is 11.5. The van der Waals surface area contributed by atoms with Gasteiger partial charge in [-0.25, -0.2) is 4.74 Å². The molecule has 0 aromatic heterocycles. The lowest BCUT2D eigenvalue weighted by Crippen LogP contribution is -2.23. The van der Waals surface area contributed by atoms with Crippen LogP contribution >= 0.6 is 0 Å². The Morgan fingerprint density at radius 1 is 1.47 bits per heavy atom. The quantitative estimate of drug-likeness (QED) is 0.357. The summed E-state index contributed by atoms with van der Waals surface area (Å²) in [7, 11) is 1.48. The van der Waals surface area contributed by atoms with E-state index < -0.39 is 5.97 Å². The summed E-state index contributed by atoms with van der Waals surface area (Å²) >= 11 is 0. The fraction of sp³-hybridized carbons (Fsp3) is 0.273. The van der Waals surface area contributed by atoms with Gasteiger partial charge in [-0.3, -0.25) is 10.1 Å². The highest BCUT2D eigenvalue weighted by atomic mass is 16.6. The minimum Gasteiger partial charge on any atom is -0.711 e. The highest BCUT2D eigenvalue weighted by molar-refractivity contribution is 5.72. The first kappa shape index (κ1) is 11.3. The van der Waals surface area contributed by atoms with Gasteiger partial charge in [0.25, 0.3) is 0 Å². The van der Waals surface area contributed by atoms with Gasteiger partial charge < -0.3 is 14.7 Å². The zero-order valence-corrected chi connectivity index (χ0v) is 9.52. The minimum atomic E-state index is -0.460. The third-order valence-corrected chi connectivity index (χ3v) is 2.36. The summed E-state index contributed by atoms with van der Waals surface area (Å²) in [4.78, 5) is 10.9. The van der Waals surface area contributed by atoms with E-state index >= 15 is 0 Å². The molecule has 6 heteroatoms. The second-order valence-corrected chi connectivity index (χ2v) is 3.56. The number of nitrogens with zero attached hydrogens (tertiary/aromatic N) is 1. The molecule has 1 heterocycles. The molecule has 0 saturated carbocycles. The predicted octanol–water partition coefficient (Wildman–Crippen LogP) is 0.894. The number of carbonyl (C=O) groups excluding carboxylic acids is 1. The number of hydrogen-bond donors (Lipinski definition) is 1. The average Bonchev–Trinajstić information content (AvgIpc) is 2.29. The fourth-order valence-corrected chi connectivity index (χ4v) is 1.64. The van der Waals surface area contributed by atoms with Crippen molar-refractivity contribution < 1.29 is 19.0 Å². The van der Waals surface area contributed by atoms with E-state index in [9.17, 15) is 10.0 Å². The number of nitrogens with one attached hydrogen (secondary N) is 1. The molecule has 2 rings (SSSR count). The normalized spacial score (nSPS) is 13.2.